The van der Waals surface area contributed by atoms with Crippen LogP contribution in [0.4, 0.5) is 5.82 Å². The van der Waals surface area contributed by atoms with Crippen molar-refractivity contribution < 1.29 is 4.79 Å². The topological polar surface area (TPSA) is 72.7 Å². The minimum Gasteiger partial charge on any atom is -0.310 e. The fourth-order valence-corrected chi connectivity index (χ4v) is 4.30. The van der Waals surface area contributed by atoms with Crippen molar-refractivity contribution in [1.29, 1.82) is 0 Å². The van der Waals surface area contributed by atoms with Crippen molar-refractivity contribution in [3.05, 3.63) is 58.8 Å². The van der Waals surface area contributed by atoms with E-state index >= 15 is 0 Å². The Labute approximate surface area is 194 Å². The Morgan fingerprint density at radius 3 is 2.66 bits per heavy atom. The number of rotatable bonds is 4. The molecule has 0 spiro atoms. The molecule has 168 valence electrons. The molecule has 4 rings (SSSR count). The summed E-state index contributed by atoms with van der Waals surface area (Å²) in [5, 5.41) is 8.04. The number of aromatic nitrogens is 4. The summed E-state index contributed by atoms with van der Waals surface area (Å²) < 4.78 is 2.04. The molecular weight excluding hydrogens is 422 g/mol. The first kappa shape index (κ1) is 22.5. The van der Waals surface area contributed by atoms with Crippen LogP contribution in [0, 0.1) is 5.41 Å². The lowest BCUT2D eigenvalue weighted by atomic mass is 9.89. The molecule has 0 unspecified atom stereocenters. The zero-order valence-corrected chi connectivity index (χ0v) is 20.3. The SMILES string of the molecule is C[C@@H](C(=O)Nc1cc(-c2cnn3c2CC(C)(C)C3)c(Cl)cn1)c1ccnc(C(C)(C)C)c1. The van der Waals surface area contributed by atoms with Gasteiger partial charge in [-0.15, -0.1) is 0 Å². The number of pyridine rings is 2. The second-order valence-corrected chi connectivity index (χ2v) is 10.9. The number of amides is 1. The first-order valence-electron chi connectivity index (χ1n) is 10.9. The number of carbonyl (C=O) groups excluding carboxylic acids is 1. The number of hydrogen-bond acceptors (Lipinski definition) is 4. The van der Waals surface area contributed by atoms with Gasteiger partial charge in [0.1, 0.15) is 5.82 Å². The number of hydrogen-bond donors (Lipinski definition) is 1. The maximum atomic E-state index is 13.0. The third-order valence-corrected chi connectivity index (χ3v) is 6.32. The number of halogens is 1. The lowest BCUT2D eigenvalue weighted by molar-refractivity contribution is -0.117. The molecule has 0 aromatic carbocycles. The molecule has 0 saturated heterocycles. The van der Waals surface area contributed by atoms with Gasteiger partial charge in [-0.05, 0) is 42.5 Å². The van der Waals surface area contributed by atoms with Crippen molar-refractivity contribution in [1.82, 2.24) is 19.7 Å². The molecule has 0 saturated carbocycles. The Balaban J connectivity index is 1.57. The smallest absolute Gasteiger partial charge is 0.232 e. The van der Waals surface area contributed by atoms with Crippen LogP contribution in [0.3, 0.4) is 0 Å². The molecule has 0 fully saturated rings. The van der Waals surface area contributed by atoms with Gasteiger partial charge < -0.3 is 5.32 Å². The highest BCUT2D eigenvalue weighted by molar-refractivity contribution is 6.33. The summed E-state index contributed by atoms with van der Waals surface area (Å²) >= 11 is 6.50. The van der Waals surface area contributed by atoms with E-state index in [1.165, 1.54) is 5.69 Å². The summed E-state index contributed by atoms with van der Waals surface area (Å²) in [5.74, 6) is 0.00276. The van der Waals surface area contributed by atoms with E-state index in [9.17, 15) is 4.79 Å². The van der Waals surface area contributed by atoms with Crippen molar-refractivity contribution in [2.45, 2.75) is 65.8 Å². The predicted molar refractivity (Wildman–Crippen MR) is 128 cm³/mol. The third-order valence-electron chi connectivity index (χ3n) is 6.01. The summed E-state index contributed by atoms with van der Waals surface area (Å²) in [7, 11) is 0. The number of nitrogens with one attached hydrogen (secondary N) is 1. The van der Waals surface area contributed by atoms with E-state index in [2.05, 4.69) is 55.0 Å². The number of nitrogens with zero attached hydrogens (tertiary/aromatic N) is 4. The number of anilines is 1. The lowest BCUT2D eigenvalue weighted by Crippen LogP contribution is -2.21. The number of fused-ring (bicyclic) bond motifs is 1. The summed E-state index contributed by atoms with van der Waals surface area (Å²) in [5.41, 5.74) is 4.96. The van der Waals surface area contributed by atoms with Crippen LogP contribution in [0.1, 0.15) is 64.4 Å². The van der Waals surface area contributed by atoms with Gasteiger partial charge in [-0.25, -0.2) is 4.98 Å². The van der Waals surface area contributed by atoms with Gasteiger partial charge in [0, 0.05) is 46.9 Å². The van der Waals surface area contributed by atoms with Gasteiger partial charge >= 0.3 is 0 Å². The van der Waals surface area contributed by atoms with E-state index < -0.39 is 0 Å². The maximum Gasteiger partial charge on any atom is 0.232 e. The van der Waals surface area contributed by atoms with Gasteiger partial charge in [0.05, 0.1) is 17.1 Å². The maximum absolute atomic E-state index is 13.0. The molecule has 1 atom stereocenters. The van der Waals surface area contributed by atoms with Crippen LogP contribution in [0.15, 0.2) is 36.8 Å². The molecule has 1 N–H and O–H groups in total. The van der Waals surface area contributed by atoms with Gasteiger partial charge in [-0.2, -0.15) is 5.10 Å². The van der Waals surface area contributed by atoms with E-state index in [-0.39, 0.29) is 22.7 Å². The van der Waals surface area contributed by atoms with Crippen molar-refractivity contribution in [2.24, 2.45) is 5.41 Å². The summed E-state index contributed by atoms with van der Waals surface area (Å²) in [6.45, 7) is 13.6. The molecule has 1 aliphatic heterocycles. The quantitative estimate of drug-likeness (QED) is 0.559. The molecule has 32 heavy (non-hydrogen) atoms. The third kappa shape index (κ3) is 4.42. The molecule has 7 heteroatoms. The van der Waals surface area contributed by atoms with Crippen LogP contribution < -0.4 is 5.32 Å². The first-order chi connectivity index (χ1) is 14.9. The molecule has 4 heterocycles. The van der Waals surface area contributed by atoms with Crippen molar-refractivity contribution in [3.63, 3.8) is 0 Å². The summed E-state index contributed by atoms with van der Waals surface area (Å²) in [4.78, 5) is 21.8. The summed E-state index contributed by atoms with van der Waals surface area (Å²) in [6, 6.07) is 5.73. The van der Waals surface area contributed by atoms with E-state index in [1.807, 2.05) is 36.0 Å². The molecule has 1 aliphatic rings. The Bertz CT molecular complexity index is 1180. The molecular formula is C25H30ClN5O. The molecule has 3 aromatic heterocycles. The molecule has 0 radical (unpaired) electrons. The zero-order chi connectivity index (χ0) is 23.3. The second-order valence-electron chi connectivity index (χ2n) is 10.5. The second kappa shape index (κ2) is 8.00. The standard InChI is InChI=1S/C25H30ClN5O/c1-15(16-7-8-27-21(9-16)24(2,3)4)23(32)30-22-10-17(19(26)13-28-22)18-12-29-31-14-25(5,6)11-20(18)31/h7-10,12-13,15H,11,14H2,1-6H3,(H,28,30,32)/t15-/m1/s1. The van der Waals surface area contributed by atoms with Crippen molar-refractivity contribution in [3.8, 4) is 11.1 Å². The Morgan fingerprint density at radius 2 is 1.94 bits per heavy atom. The highest BCUT2D eigenvalue weighted by Gasteiger charge is 2.32. The van der Waals surface area contributed by atoms with Crippen LogP contribution in [-0.2, 0) is 23.2 Å². The molecule has 6 nitrogen and oxygen atoms in total. The fraction of sp³-hybridized carbons (Fsp3) is 0.440. The molecule has 0 aliphatic carbocycles. The number of carbonyl (C=O) groups is 1. The molecule has 1 amide bonds. The Kier molecular flexibility index (Phi) is 5.61. The average Bonchev–Trinajstić information content (AvgIpc) is 3.23. The Hall–Kier alpha value is -2.73. The predicted octanol–water partition coefficient (Wildman–Crippen LogP) is 5.62. The highest BCUT2D eigenvalue weighted by Crippen LogP contribution is 2.39. The van der Waals surface area contributed by atoms with Crippen molar-refractivity contribution in [2.75, 3.05) is 5.32 Å². The average molecular weight is 452 g/mol. The minimum atomic E-state index is -0.346. The lowest BCUT2D eigenvalue weighted by Gasteiger charge is -2.20. The normalized spacial score (nSPS) is 16.0. The molecule has 0 bridgehead atoms. The van der Waals surface area contributed by atoms with Crippen LogP contribution in [-0.4, -0.2) is 25.7 Å². The van der Waals surface area contributed by atoms with Crippen LogP contribution >= 0.6 is 11.6 Å². The largest absolute Gasteiger partial charge is 0.310 e. The van der Waals surface area contributed by atoms with Gasteiger partial charge in [-0.3, -0.25) is 14.5 Å². The van der Waals surface area contributed by atoms with Gasteiger partial charge in [-0.1, -0.05) is 46.2 Å². The van der Waals surface area contributed by atoms with Gasteiger partial charge in [0.15, 0.2) is 0 Å². The minimum absolute atomic E-state index is 0.0841. The van der Waals surface area contributed by atoms with Crippen LogP contribution in [0.25, 0.3) is 11.1 Å². The monoisotopic (exact) mass is 451 g/mol. The van der Waals surface area contributed by atoms with E-state index in [0.717, 1.165) is 35.3 Å². The van der Waals surface area contributed by atoms with Gasteiger partial charge in [0.25, 0.3) is 0 Å². The van der Waals surface area contributed by atoms with Crippen LogP contribution in [0.5, 0.6) is 0 Å². The van der Waals surface area contributed by atoms with E-state index in [0.29, 0.717) is 10.8 Å². The van der Waals surface area contributed by atoms with Crippen LogP contribution in [0.2, 0.25) is 5.02 Å². The van der Waals surface area contributed by atoms with Crippen molar-refractivity contribution >= 4 is 23.3 Å². The van der Waals surface area contributed by atoms with Gasteiger partial charge in [0.2, 0.25) is 5.91 Å². The van der Waals surface area contributed by atoms with E-state index in [4.69, 9.17) is 11.6 Å². The first-order valence-corrected chi connectivity index (χ1v) is 11.3. The fourth-order valence-electron chi connectivity index (χ4n) is 4.10. The molecule has 3 aromatic rings. The van der Waals surface area contributed by atoms with E-state index in [1.54, 1.807) is 12.4 Å². The Morgan fingerprint density at radius 1 is 1.19 bits per heavy atom. The zero-order valence-electron chi connectivity index (χ0n) is 19.5. The summed E-state index contributed by atoms with van der Waals surface area (Å²) in [6.07, 6.45) is 6.13. The highest BCUT2D eigenvalue weighted by atomic mass is 35.5.